The lowest BCUT2D eigenvalue weighted by Crippen LogP contribution is -2.40. The van der Waals surface area contributed by atoms with Gasteiger partial charge in [-0.15, -0.1) is 0 Å². The lowest BCUT2D eigenvalue weighted by molar-refractivity contribution is -0.131. The molecular formula is C10H10FNO2. The third-order valence-corrected chi connectivity index (χ3v) is 2.13. The Labute approximate surface area is 80.9 Å². The highest BCUT2D eigenvalue weighted by Gasteiger charge is 2.22. The van der Waals surface area contributed by atoms with Gasteiger partial charge >= 0.3 is 0 Å². The van der Waals surface area contributed by atoms with Gasteiger partial charge in [-0.05, 0) is 6.07 Å². The van der Waals surface area contributed by atoms with Crippen LogP contribution in [0, 0.1) is 5.82 Å². The fraction of sp³-hybridized carbons (Fsp3) is 0.300. The summed E-state index contributed by atoms with van der Waals surface area (Å²) in [5.74, 6) is -0.521. The van der Waals surface area contributed by atoms with E-state index in [2.05, 4.69) is 5.32 Å². The number of nitrogens with one attached hydrogen (secondary N) is 1. The van der Waals surface area contributed by atoms with E-state index < -0.39 is 0 Å². The Bertz CT molecular complexity index is 354. The van der Waals surface area contributed by atoms with Gasteiger partial charge in [0.05, 0.1) is 12.6 Å². The molecule has 14 heavy (non-hydrogen) atoms. The second-order valence-electron chi connectivity index (χ2n) is 3.16. The van der Waals surface area contributed by atoms with Crippen LogP contribution in [0.1, 0.15) is 11.6 Å². The molecule has 1 heterocycles. The molecule has 1 atom stereocenters. The average molecular weight is 195 g/mol. The number of ether oxygens (including phenoxy) is 1. The second-order valence-corrected chi connectivity index (χ2v) is 3.16. The van der Waals surface area contributed by atoms with Crippen molar-refractivity contribution in [2.75, 3.05) is 13.2 Å². The first-order valence-corrected chi connectivity index (χ1v) is 4.39. The molecule has 1 aliphatic rings. The minimum Gasteiger partial charge on any atom is -0.369 e. The molecule has 0 unspecified atom stereocenters. The summed E-state index contributed by atoms with van der Waals surface area (Å²) >= 11 is 0. The maximum atomic E-state index is 13.3. The fourth-order valence-electron chi connectivity index (χ4n) is 1.47. The topological polar surface area (TPSA) is 38.3 Å². The summed E-state index contributed by atoms with van der Waals surface area (Å²) in [7, 11) is 0. The van der Waals surface area contributed by atoms with Gasteiger partial charge in [-0.3, -0.25) is 4.79 Å². The lowest BCUT2D eigenvalue weighted by Gasteiger charge is -2.23. The number of rotatable bonds is 1. The van der Waals surface area contributed by atoms with Crippen molar-refractivity contribution in [1.29, 1.82) is 0 Å². The summed E-state index contributed by atoms with van der Waals surface area (Å²) in [5.41, 5.74) is 0.473. The molecule has 1 amide bonds. The number of hydrogen-bond acceptors (Lipinski definition) is 2. The Morgan fingerprint density at radius 1 is 1.43 bits per heavy atom. The van der Waals surface area contributed by atoms with E-state index in [0.717, 1.165) is 0 Å². The van der Waals surface area contributed by atoms with Crippen LogP contribution in [-0.4, -0.2) is 19.1 Å². The van der Waals surface area contributed by atoms with Crippen LogP contribution in [0.4, 0.5) is 4.39 Å². The highest BCUT2D eigenvalue weighted by atomic mass is 19.1. The van der Waals surface area contributed by atoms with E-state index in [4.69, 9.17) is 4.74 Å². The molecule has 4 heteroatoms. The number of halogens is 1. The summed E-state index contributed by atoms with van der Waals surface area (Å²) < 4.78 is 18.3. The second kappa shape index (κ2) is 3.75. The van der Waals surface area contributed by atoms with Gasteiger partial charge in [0.1, 0.15) is 12.4 Å². The zero-order valence-electron chi connectivity index (χ0n) is 7.50. The third kappa shape index (κ3) is 1.75. The van der Waals surface area contributed by atoms with E-state index in [0.29, 0.717) is 12.2 Å². The molecule has 0 spiro atoms. The predicted octanol–water partition coefficient (Wildman–Crippen LogP) is 1.01. The van der Waals surface area contributed by atoms with Crippen LogP contribution in [0.2, 0.25) is 0 Å². The minimum atomic E-state index is -0.363. The van der Waals surface area contributed by atoms with E-state index >= 15 is 0 Å². The maximum absolute atomic E-state index is 13.3. The number of carbonyl (C=O) groups excluding carboxylic acids is 1. The minimum absolute atomic E-state index is 0.0605. The van der Waals surface area contributed by atoms with Crippen molar-refractivity contribution in [3.63, 3.8) is 0 Å². The molecule has 1 N–H and O–H groups in total. The molecule has 1 saturated heterocycles. The Morgan fingerprint density at radius 3 is 2.93 bits per heavy atom. The van der Waals surface area contributed by atoms with Crippen LogP contribution in [0.15, 0.2) is 24.3 Å². The molecular weight excluding hydrogens is 185 g/mol. The molecule has 0 bridgehead atoms. The molecule has 1 aliphatic heterocycles. The highest BCUT2D eigenvalue weighted by molar-refractivity contribution is 5.78. The fourth-order valence-corrected chi connectivity index (χ4v) is 1.47. The first kappa shape index (κ1) is 9.15. The quantitative estimate of drug-likeness (QED) is 0.726. The van der Waals surface area contributed by atoms with Crippen molar-refractivity contribution in [3.8, 4) is 0 Å². The van der Waals surface area contributed by atoms with Gasteiger partial charge in [-0.2, -0.15) is 0 Å². The van der Waals surface area contributed by atoms with Crippen molar-refractivity contribution in [3.05, 3.63) is 35.6 Å². The number of morpholine rings is 1. The SMILES string of the molecule is O=C1COC[C@@H](c2ccccc2F)N1. The van der Waals surface area contributed by atoms with Gasteiger partial charge in [0.15, 0.2) is 0 Å². The van der Waals surface area contributed by atoms with Crippen LogP contribution in [0.25, 0.3) is 0 Å². The van der Waals surface area contributed by atoms with Gasteiger partial charge in [0.2, 0.25) is 5.91 Å². The molecule has 0 saturated carbocycles. The van der Waals surface area contributed by atoms with Crippen molar-refractivity contribution in [2.24, 2.45) is 0 Å². The number of benzene rings is 1. The number of amides is 1. The van der Waals surface area contributed by atoms with E-state index in [1.807, 2.05) is 0 Å². The van der Waals surface area contributed by atoms with Crippen LogP contribution < -0.4 is 5.32 Å². The van der Waals surface area contributed by atoms with Gasteiger partial charge < -0.3 is 10.1 Å². The molecule has 1 aromatic carbocycles. The largest absolute Gasteiger partial charge is 0.369 e. The van der Waals surface area contributed by atoms with Crippen molar-refractivity contribution >= 4 is 5.91 Å². The zero-order valence-corrected chi connectivity index (χ0v) is 7.50. The number of hydrogen-bond donors (Lipinski definition) is 1. The molecule has 0 radical (unpaired) electrons. The molecule has 3 nitrogen and oxygen atoms in total. The number of carbonyl (C=O) groups is 1. The summed E-state index contributed by atoms with van der Waals surface area (Å²) in [6.45, 7) is 0.387. The van der Waals surface area contributed by atoms with Gasteiger partial charge in [0.25, 0.3) is 0 Å². The molecule has 0 aromatic heterocycles. The first-order valence-electron chi connectivity index (χ1n) is 4.39. The van der Waals surface area contributed by atoms with Crippen LogP contribution in [0.5, 0.6) is 0 Å². The Kier molecular flexibility index (Phi) is 2.45. The predicted molar refractivity (Wildman–Crippen MR) is 48.1 cm³/mol. The molecule has 1 aromatic rings. The standard InChI is InChI=1S/C10H10FNO2/c11-8-4-2-1-3-7(8)9-5-14-6-10(13)12-9/h1-4,9H,5-6H2,(H,12,13)/t9-/m0/s1. The van der Waals surface area contributed by atoms with Gasteiger partial charge in [0, 0.05) is 5.56 Å². The first-order chi connectivity index (χ1) is 6.77. The lowest BCUT2D eigenvalue weighted by atomic mass is 10.1. The molecule has 0 aliphatic carbocycles. The van der Waals surface area contributed by atoms with Crippen molar-refractivity contribution in [2.45, 2.75) is 6.04 Å². The average Bonchev–Trinajstić information content (AvgIpc) is 2.18. The summed E-state index contributed by atoms with van der Waals surface area (Å²) in [4.78, 5) is 11.0. The van der Waals surface area contributed by atoms with Crippen LogP contribution in [-0.2, 0) is 9.53 Å². The normalized spacial score (nSPS) is 21.8. The Hall–Kier alpha value is -1.42. The summed E-state index contributed by atoms with van der Waals surface area (Å²) in [6, 6.07) is 6.01. The monoisotopic (exact) mass is 195 g/mol. The van der Waals surface area contributed by atoms with Crippen LogP contribution in [0.3, 0.4) is 0 Å². The van der Waals surface area contributed by atoms with Gasteiger partial charge in [-0.1, -0.05) is 18.2 Å². The highest BCUT2D eigenvalue weighted by Crippen LogP contribution is 2.18. The van der Waals surface area contributed by atoms with Crippen molar-refractivity contribution < 1.29 is 13.9 Å². The molecule has 2 rings (SSSR count). The van der Waals surface area contributed by atoms with E-state index in [1.54, 1.807) is 18.2 Å². The van der Waals surface area contributed by atoms with Gasteiger partial charge in [-0.25, -0.2) is 4.39 Å². The summed E-state index contributed by atoms with van der Waals surface area (Å²) in [6.07, 6.45) is 0. The zero-order chi connectivity index (χ0) is 9.97. The smallest absolute Gasteiger partial charge is 0.246 e. The summed E-state index contributed by atoms with van der Waals surface area (Å²) in [5, 5.41) is 2.67. The third-order valence-electron chi connectivity index (χ3n) is 2.13. The molecule has 1 fully saturated rings. The van der Waals surface area contributed by atoms with E-state index in [9.17, 15) is 9.18 Å². The Morgan fingerprint density at radius 2 is 2.21 bits per heavy atom. The van der Waals surface area contributed by atoms with Crippen molar-refractivity contribution in [1.82, 2.24) is 5.32 Å². The maximum Gasteiger partial charge on any atom is 0.246 e. The van der Waals surface area contributed by atoms with E-state index in [1.165, 1.54) is 6.07 Å². The Balaban J connectivity index is 2.22. The molecule has 74 valence electrons. The van der Waals surface area contributed by atoms with E-state index in [-0.39, 0.29) is 24.4 Å². The van der Waals surface area contributed by atoms with Crippen LogP contribution >= 0.6 is 0 Å².